The third-order valence-corrected chi connectivity index (χ3v) is 13.7. The standard InChI is InChI=1S/C56H55N3/c1-40-21-12-16-30-49(40)59(55(3)34-18-7-19-35-55)46-37-52-54(48-28-15-17-31-51(48)57(52)50-32-20-29-47(41(50)2)43-23-8-5-9-24-43)53(38-46)58(45-26-10-6-11-27-45)56(4)36-33-42-22-13-14-25-44(42)39-56/h5-11,13-15,17-20,22-34,36-38,40-41,50H,12,16,21,35,39H2,1-4H3. The highest BCUT2D eigenvalue weighted by Crippen LogP contribution is 2.51. The van der Waals surface area contributed by atoms with Crippen LogP contribution in [0, 0.1) is 11.8 Å². The maximum Gasteiger partial charge on any atom is 0.0649 e. The molecule has 1 heterocycles. The lowest BCUT2D eigenvalue weighted by Gasteiger charge is -2.47. The summed E-state index contributed by atoms with van der Waals surface area (Å²) in [7, 11) is 0. The molecular formula is C56H55N3. The SMILES string of the molecule is CC1CCCC=C1N(c1cc(N(c2ccccc2)C2(C)C=Cc3ccccc3C2)c2c3ccccc3n(C3C=CC=C(c4ccccc4)C3C)c2c1)C1(C)C=CC=CC1. The molecule has 0 amide bonds. The highest BCUT2D eigenvalue weighted by Gasteiger charge is 2.40. The first-order valence-electron chi connectivity index (χ1n) is 21.8. The van der Waals surface area contributed by atoms with Gasteiger partial charge < -0.3 is 14.4 Å². The number of hydrogen-bond donors (Lipinski definition) is 0. The van der Waals surface area contributed by atoms with Crippen molar-refractivity contribution >= 4 is 50.5 Å². The fourth-order valence-corrected chi connectivity index (χ4v) is 10.8. The average molecular weight is 770 g/mol. The van der Waals surface area contributed by atoms with Gasteiger partial charge in [0.25, 0.3) is 0 Å². The monoisotopic (exact) mass is 769 g/mol. The van der Waals surface area contributed by atoms with E-state index in [2.05, 4.69) is 224 Å². The molecular weight excluding hydrogens is 715 g/mol. The highest BCUT2D eigenvalue weighted by atomic mass is 15.2. The van der Waals surface area contributed by atoms with Crippen LogP contribution in [0.1, 0.15) is 76.1 Å². The zero-order valence-electron chi connectivity index (χ0n) is 34.9. The molecule has 4 aliphatic carbocycles. The Hall–Kier alpha value is -6.06. The first kappa shape index (κ1) is 37.2. The van der Waals surface area contributed by atoms with Crippen molar-refractivity contribution in [2.45, 2.75) is 76.9 Å². The number of benzene rings is 5. The lowest BCUT2D eigenvalue weighted by atomic mass is 9.82. The minimum atomic E-state index is -0.356. The number of hydrogen-bond acceptors (Lipinski definition) is 2. The lowest BCUT2D eigenvalue weighted by Crippen LogP contribution is -2.47. The zero-order valence-corrected chi connectivity index (χ0v) is 34.9. The third-order valence-electron chi connectivity index (χ3n) is 13.7. The van der Waals surface area contributed by atoms with E-state index in [0.717, 1.165) is 19.3 Å². The molecule has 0 aliphatic heterocycles. The normalized spacial score (nSPS) is 24.8. The van der Waals surface area contributed by atoms with Crippen LogP contribution in [0.2, 0.25) is 0 Å². The number of rotatable bonds is 8. The first-order valence-corrected chi connectivity index (χ1v) is 21.8. The van der Waals surface area contributed by atoms with Gasteiger partial charge in [-0.25, -0.2) is 0 Å². The summed E-state index contributed by atoms with van der Waals surface area (Å²) < 4.78 is 2.68. The molecule has 0 radical (unpaired) electrons. The second kappa shape index (κ2) is 15.0. The Morgan fingerprint density at radius 3 is 2.25 bits per heavy atom. The predicted octanol–water partition coefficient (Wildman–Crippen LogP) is 14.6. The Kier molecular flexibility index (Phi) is 9.43. The summed E-state index contributed by atoms with van der Waals surface area (Å²) in [6, 6.07) is 45.4. The van der Waals surface area contributed by atoms with Gasteiger partial charge in [-0.1, -0.05) is 166 Å². The van der Waals surface area contributed by atoms with Gasteiger partial charge in [0.2, 0.25) is 0 Å². The van der Waals surface area contributed by atoms with Crippen molar-refractivity contribution in [3.8, 4) is 0 Å². The number of para-hydroxylation sites is 2. The summed E-state index contributed by atoms with van der Waals surface area (Å²) >= 11 is 0. The Morgan fingerprint density at radius 1 is 0.695 bits per heavy atom. The van der Waals surface area contributed by atoms with Crippen LogP contribution in [0.3, 0.4) is 0 Å². The van der Waals surface area contributed by atoms with Crippen molar-refractivity contribution in [2.75, 3.05) is 9.80 Å². The van der Waals surface area contributed by atoms with Gasteiger partial charge in [-0.2, -0.15) is 0 Å². The molecule has 4 aliphatic rings. The molecule has 5 aromatic carbocycles. The quantitative estimate of drug-likeness (QED) is 0.153. The fourth-order valence-electron chi connectivity index (χ4n) is 10.8. The second-order valence-corrected chi connectivity index (χ2v) is 17.8. The Morgan fingerprint density at radius 2 is 1.46 bits per heavy atom. The van der Waals surface area contributed by atoms with Gasteiger partial charge in [-0.3, -0.25) is 0 Å². The molecule has 3 heteroatoms. The van der Waals surface area contributed by atoms with Crippen LogP contribution in [-0.2, 0) is 6.42 Å². The van der Waals surface area contributed by atoms with Gasteiger partial charge in [0.1, 0.15) is 0 Å². The highest BCUT2D eigenvalue weighted by molar-refractivity contribution is 6.16. The van der Waals surface area contributed by atoms with Crippen molar-refractivity contribution in [1.82, 2.24) is 4.57 Å². The van der Waals surface area contributed by atoms with Gasteiger partial charge in [0.05, 0.1) is 28.3 Å². The summed E-state index contributed by atoms with van der Waals surface area (Å²) in [5.41, 5.74) is 12.4. The summed E-state index contributed by atoms with van der Waals surface area (Å²) in [6.45, 7) is 9.73. The van der Waals surface area contributed by atoms with Crippen LogP contribution < -0.4 is 9.80 Å². The molecule has 3 nitrogen and oxygen atoms in total. The zero-order chi connectivity index (χ0) is 40.1. The third kappa shape index (κ3) is 6.43. The van der Waals surface area contributed by atoms with Crippen molar-refractivity contribution in [2.24, 2.45) is 11.8 Å². The van der Waals surface area contributed by atoms with E-state index in [4.69, 9.17) is 0 Å². The van der Waals surface area contributed by atoms with E-state index in [-0.39, 0.29) is 23.0 Å². The van der Waals surface area contributed by atoms with Crippen molar-refractivity contribution in [1.29, 1.82) is 0 Å². The number of aromatic nitrogens is 1. The van der Waals surface area contributed by atoms with Gasteiger partial charge in [-0.05, 0) is 104 Å². The summed E-state index contributed by atoms with van der Waals surface area (Å²) in [4.78, 5) is 5.40. The number of fused-ring (bicyclic) bond motifs is 4. The van der Waals surface area contributed by atoms with Crippen molar-refractivity contribution in [3.05, 3.63) is 198 Å². The molecule has 0 bridgehead atoms. The van der Waals surface area contributed by atoms with E-state index >= 15 is 0 Å². The van der Waals surface area contributed by atoms with Crippen LogP contribution in [-0.4, -0.2) is 15.6 Å². The molecule has 59 heavy (non-hydrogen) atoms. The number of allylic oxidation sites excluding steroid dienone is 8. The molecule has 0 fully saturated rings. The Labute approximate surface area is 350 Å². The van der Waals surface area contributed by atoms with E-state index in [9.17, 15) is 0 Å². The number of anilines is 3. The molecule has 5 atom stereocenters. The topological polar surface area (TPSA) is 11.4 Å². The molecule has 0 N–H and O–H groups in total. The molecule has 0 saturated carbocycles. The first-order chi connectivity index (χ1) is 28.8. The van der Waals surface area contributed by atoms with E-state index in [0.29, 0.717) is 5.92 Å². The predicted molar refractivity (Wildman–Crippen MR) is 252 cm³/mol. The summed E-state index contributed by atoms with van der Waals surface area (Å²) in [5, 5.41) is 2.58. The minimum Gasteiger partial charge on any atom is -0.335 e. The lowest BCUT2D eigenvalue weighted by molar-refractivity contribution is 0.471. The van der Waals surface area contributed by atoms with E-state index in [1.165, 1.54) is 79.7 Å². The van der Waals surface area contributed by atoms with Gasteiger partial charge in [0.15, 0.2) is 0 Å². The molecule has 1 aromatic heterocycles. The Balaban J connectivity index is 1.29. The molecule has 294 valence electrons. The fraction of sp³-hybridized carbons (Fsp3) is 0.250. The molecule has 5 unspecified atom stereocenters. The maximum absolute atomic E-state index is 2.73. The maximum atomic E-state index is 2.73. The summed E-state index contributed by atoms with van der Waals surface area (Å²) in [6.07, 6.45) is 29.1. The summed E-state index contributed by atoms with van der Waals surface area (Å²) in [5.74, 6) is 0.695. The van der Waals surface area contributed by atoms with E-state index < -0.39 is 0 Å². The molecule has 0 saturated heterocycles. The van der Waals surface area contributed by atoms with E-state index in [1.54, 1.807) is 0 Å². The molecule has 0 spiro atoms. The van der Waals surface area contributed by atoms with Crippen molar-refractivity contribution < 1.29 is 0 Å². The van der Waals surface area contributed by atoms with Gasteiger partial charge in [0, 0.05) is 39.3 Å². The second-order valence-electron chi connectivity index (χ2n) is 17.8. The van der Waals surface area contributed by atoms with Crippen LogP contribution in [0.15, 0.2) is 182 Å². The smallest absolute Gasteiger partial charge is 0.0649 e. The van der Waals surface area contributed by atoms with Crippen molar-refractivity contribution in [3.63, 3.8) is 0 Å². The van der Waals surface area contributed by atoms with Crippen LogP contribution in [0.4, 0.5) is 17.1 Å². The Bertz CT molecular complexity index is 2720. The van der Waals surface area contributed by atoms with Gasteiger partial charge in [-0.15, -0.1) is 0 Å². The van der Waals surface area contributed by atoms with E-state index in [1.807, 2.05) is 0 Å². The minimum absolute atomic E-state index is 0.109. The van der Waals surface area contributed by atoms with Crippen LogP contribution in [0.5, 0.6) is 0 Å². The van der Waals surface area contributed by atoms with Crippen LogP contribution in [0.25, 0.3) is 33.5 Å². The van der Waals surface area contributed by atoms with Crippen LogP contribution >= 0.6 is 0 Å². The molecule has 10 rings (SSSR count). The van der Waals surface area contributed by atoms with Gasteiger partial charge >= 0.3 is 0 Å². The largest absolute Gasteiger partial charge is 0.335 e. The molecule has 6 aromatic rings. The number of nitrogens with zero attached hydrogens (tertiary/aromatic N) is 3. The average Bonchev–Trinajstić information content (AvgIpc) is 3.59.